The summed E-state index contributed by atoms with van der Waals surface area (Å²) < 4.78 is 19.0. The van der Waals surface area contributed by atoms with Gasteiger partial charge in [0.15, 0.2) is 0 Å². The van der Waals surface area contributed by atoms with Gasteiger partial charge in [-0.3, -0.25) is 0 Å². The van der Waals surface area contributed by atoms with Gasteiger partial charge in [0, 0.05) is 10.1 Å². The third-order valence-electron chi connectivity index (χ3n) is 7.14. The van der Waals surface area contributed by atoms with Crippen molar-refractivity contribution >= 4 is 14.7 Å². The Bertz CT molecular complexity index is 658. The zero-order valence-electron chi connectivity index (χ0n) is 26.1. The number of allylic oxidation sites excluding steroid dienone is 1. The van der Waals surface area contributed by atoms with Crippen LogP contribution in [-0.2, 0) is 13.6 Å². The van der Waals surface area contributed by atoms with Gasteiger partial charge in [-0.2, -0.15) is 0 Å². The minimum absolute atomic E-state index is 0.107. The summed E-state index contributed by atoms with van der Waals surface area (Å²) in [7, 11) is -2.64. The van der Waals surface area contributed by atoms with Crippen LogP contribution in [0.2, 0.25) is 10.1 Å². The van der Waals surface area contributed by atoms with Gasteiger partial charge in [-0.05, 0) is 33.6 Å². The summed E-state index contributed by atoms with van der Waals surface area (Å²) in [6, 6.07) is -0.270. The van der Waals surface area contributed by atoms with Gasteiger partial charge >= 0.3 is 14.7 Å². The normalized spacial score (nSPS) is 20.8. The number of carbonyl (C=O) groups excluding carboxylic acids is 1. The molecule has 6 heteroatoms. The Labute approximate surface area is 231 Å². The minimum Gasteiger partial charge on any atom is -0.444 e. The highest BCUT2D eigenvalue weighted by atomic mass is 28.4. The van der Waals surface area contributed by atoms with Gasteiger partial charge in [0.05, 0.1) is 18.8 Å². The summed E-state index contributed by atoms with van der Waals surface area (Å²) in [6.45, 7) is 21.7. The highest BCUT2D eigenvalue weighted by Crippen LogP contribution is 2.54. The third kappa shape index (κ3) is 12.2. The lowest BCUT2D eigenvalue weighted by Gasteiger charge is -2.54. The van der Waals surface area contributed by atoms with Gasteiger partial charge < -0.3 is 18.9 Å². The van der Waals surface area contributed by atoms with E-state index in [2.05, 4.69) is 65.9 Å². The predicted molar refractivity (Wildman–Crippen MR) is 159 cm³/mol. The molecule has 2 atom stereocenters. The lowest BCUT2D eigenvalue weighted by atomic mass is 10.0. The molecule has 1 rings (SSSR count). The summed E-state index contributed by atoms with van der Waals surface area (Å²) in [5.74, 6) is 0. The molecule has 0 unspecified atom stereocenters. The van der Waals surface area contributed by atoms with Crippen LogP contribution in [0.3, 0.4) is 0 Å². The summed E-state index contributed by atoms with van der Waals surface area (Å²) >= 11 is 0. The highest BCUT2D eigenvalue weighted by Gasteiger charge is 2.61. The fourth-order valence-electron chi connectivity index (χ4n) is 5.43. The Morgan fingerprint density at radius 3 is 1.78 bits per heavy atom. The molecule has 0 bridgehead atoms. The molecule has 5 nitrogen and oxygen atoms in total. The molecule has 0 aromatic carbocycles. The lowest BCUT2D eigenvalue weighted by Crippen LogP contribution is -2.67. The van der Waals surface area contributed by atoms with Gasteiger partial charge in [-0.25, -0.2) is 4.79 Å². The van der Waals surface area contributed by atoms with E-state index in [4.69, 9.17) is 13.6 Å². The monoisotopic (exact) mass is 539 g/mol. The largest absolute Gasteiger partial charge is 0.444 e. The summed E-state index contributed by atoms with van der Waals surface area (Å²) in [4.78, 5) is 12.6. The van der Waals surface area contributed by atoms with Crippen LogP contribution in [0.25, 0.3) is 0 Å². The van der Waals surface area contributed by atoms with Crippen LogP contribution in [-0.4, -0.2) is 39.0 Å². The van der Waals surface area contributed by atoms with Gasteiger partial charge in [0.1, 0.15) is 5.60 Å². The number of alkyl carbamates (subject to hydrolysis) is 1. The van der Waals surface area contributed by atoms with E-state index in [1.165, 1.54) is 70.6 Å². The maximum Gasteiger partial charge on any atom is 0.408 e. The standard InChI is InChI=1S/C31H61NO4Si/c1-11-12-13-14-15-16-17-18-19-20-21-22-23-24-27-26(32-28(33)35-29(2,3)4)25-34-37(36-27,30(5,6)7)31(8,9)10/h23-24,26-27H,11-22,25H2,1-10H3,(H,32,33)/b24-23+/t26-,27+/m0/s1. The van der Waals surface area contributed by atoms with Gasteiger partial charge in [-0.15, -0.1) is 0 Å². The number of hydrogen-bond acceptors (Lipinski definition) is 4. The Morgan fingerprint density at radius 2 is 1.32 bits per heavy atom. The minimum atomic E-state index is -2.64. The fraction of sp³-hybridized carbons (Fsp3) is 0.903. The fourth-order valence-corrected chi connectivity index (χ4v) is 10.4. The smallest absolute Gasteiger partial charge is 0.408 e. The first kappa shape index (κ1) is 34.2. The maximum absolute atomic E-state index is 12.6. The molecule has 218 valence electrons. The first-order chi connectivity index (χ1) is 17.1. The van der Waals surface area contributed by atoms with Crippen molar-refractivity contribution in [1.82, 2.24) is 5.32 Å². The molecule has 1 amide bonds. The molecule has 0 saturated carbocycles. The summed E-state index contributed by atoms with van der Waals surface area (Å²) in [6.07, 6.45) is 19.7. The molecule has 37 heavy (non-hydrogen) atoms. The Hall–Kier alpha value is -0.853. The van der Waals surface area contributed by atoms with E-state index in [1.54, 1.807) is 0 Å². The van der Waals surface area contributed by atoms with Crippen molar-refractivity contribution in [1.29, 1.82) is 0 Å². The van der Waals surface area contributed by atoms with Crippen LogP contribution >= 0.6 is 0 Å². The van der Waals surface area contributed by atoms with E-state index in [-0.39, 0.29) is 22.2 Å². The second-order valence-electron chi connectivity index (χ2n) is 14.0. The number of amides is 1. The van der Waals surface area contributed by atoms with Crippen molar-refractivity contribution in [3.8, 4) is 0 Å². The number of unbranched alkanes of at least 4 members (excludes halogenated alkanes) is 11. The molecule has 1 aliphatic heterocycles. The molecule has 0 aromatic rings. The zero-order chi connectivity index (χ0) is 28.2. The molecule has 1 N–H and O–H groups in total. The number of nitrogens with one attached hydrogen (secondary N) is 1. The van der Waals surface area contributed by atoms with Crippen LogP contribution < -0.4 is 5.32 Å². The molecule has 1 saturated heterocycles. The quantitative estimate of drug-likeness (QED) is 0.136. The maximum atomic E-state index is 12.6. The van der Waals surface area contributed by atoms with E-state index in [9.17, 15) is 4.79 Å². The molecular weight excluding hydrogens is 478 g/mol. The average molecular weight is 540 g/mol. The number of hydrogen-bond donors (Lipinski definition) is 1. The van der Waals surface area contributed by atoms with Gasteiger partial charge in [0.2, 0.25) is 0 Å². The molecule has 1 aliphatic rings. The SMILES string of the molecule is CCCCCCCCCCCCC/C=C/[C@H]1O[Si](C(C)(C)C)(C(C)(C)C)OC[C@@H]1NC(=O)OC(C)(C)C. The molecule has 1 heterocycles. The Kier molecular flexibility index (Phi) is 14.5. The number of rotatable bonds is 14. The van der Waals surface area contributed by atoms with E-state index in [0.29, 0.717) is 6.61 Å². The summed E-state index contributed by atoms with van der Waals surface area (Å²) in [5.41, 5.74) is -0.545. The molecule has 1 fully saturated rings. The molecule has 0 aliphatic carbocycles. The van der Waals surface area contributed by atoms with Crippen molar-refractivity contribution in [2.24, 2.45) is 0 Å². The van der Waals surface area contributed by atoms with Crippen molar-refractivity contribution in [2.75, 3.05) is 6.61 Å². The van der Waals surface area contributed by atoms with Gasteiger partial charge in [0.25, 0.3) is 0 Å². The second kappa shape index (κ2) is 15.7. The van der Waals surface area contributed by atoms with Crippen molar-refractivity contribution < 1.29 is 18.4 Å². The highest BCUT2D eigenvalue weighted by molar-refractivity contribution is 6.73. The van der Waals surface area contributed by atoms with Crippen LogP contribution in [0, 0.1) is 0 Å². The van der Waals surface area contributed by atoms with Crippen molar-refractivity contribution in [2.45, 2.75) is 174 Å². The first-order valence-corrected chi connectivity index (χ1v) is 16.9. The third-order valence-corrected chi connectivity index (χ3v) is 12.3. The van der Waals surface area contributed by atoms with Crippen molar-refractivity contribution in [3.63, 3.8) is 0 Å². The van der Waals surface area contributed by atoms with Crippen LogP contribution in [0.5, 0.6) is 0 Å². The zero-order valence-corrected chi connectivity index (χ0v) is 27.1. The number of ether oxygens (including phenoxy) is 1. The number of carbonyl (C=O) groups is 1. The van der Waals surface area contributed by atoms with E-state index < -0.39 is 20.3 Å². The first-order valence-electron chi connectivity index (χ1n) is 15.1. The summed E-state index contributed by atoms with van der Waals surface area (Å²) in [5, 5.41) is 2.81. The molecule has 0 radical (unpaired) electrons. The van der Waals surface area contributed by atoms with Crippen LogP contribution in [0.15, 0.2) is 12.2 Å². The molecular formula is C31H61NO4Si. The average Bonchev–Trinajstić information content (AvgIpc) is 2.75. The topological polar surface area (TPSA) is 56.8 Å². The van der Waals surface area contributed by atoms with Gasteiger partial charge in [-0.1, -0.05) is 125 Å². The Balaban J connectivity index is 2.66. The van der Waals surface area contributed by atoms with Crippen LogP contribution in [0.4, 0.5) is 4.79 Å². The molecule has 0 aromatic heterocycles. The second-order valence-corrected chi connectivity index (χ2v) is 18.8. The molecule has 0 spiro atoms. The van der Waals surface area contributed by atoms with E-state index in [0.717, 1.165) is 6.42 Å². The Morgan fingerprint density at radius 1 is 0.838 bits per heavy atom. The predicted octanol–water partition coefficient (Wildman–Crippen LogP) is 9.59. The van der Waals surface area contributed by atoms with E-state index in [1.807, 2.05) is 20.8 Å². The van der Waals surface area contributed by atoms with Crippen LogP contribution in [0.1, 0.15) is 146 Å². The lowest BCUT2D eigenvalue weighted by molar-refractivity contribution is 0.00385. The van der Waals surface area contributed by atoms with Crippen molar-refractivity contribution in [3.05, 3.63) is 12.2 Å². The van der Waals surface area contributed by atoms with E-state index >= 15 is 0 Å².